The number of aliphatic hydroxyl groups is 1. The molecule has 0 amide bonds. The summed E-state index contributed by atoms with van der Waals surface area (Å²) in [6.45, 7) is 6.34. The van der Waals surface area contributed by atoms with E-state index in [0.29, 0.717) is 13.0 Å². The summed E-state index contributed by atoms with van der Waals surface area (Å²) in [5.41, 5.74) is 1.11. The van der Waals surface area contributed by atoms with Crippen LogP contribution in [0.2, 0.25) is 0 Å². The third-order valence-electron chi connectivity index (χ3n) is 3.45. The Morgan fingerprint density at radius 1 is 1.33 bits per heavy atom. The zero-order valence-electron chi connectivity index (χ0n) is 11.3. The van der Waals surface area contributed by atoms with Crippen LogP contribution in [0.1, 0.15) is 38.7 Å². The van der Waals surface area contributed by atoms with Gasteiger partial charge in [-0.2, -0.15) is 0 Å². The van der Waals surface area contributed by atoms with E-state index in [0.717, 1.165) is 5.56 Å². The Balaban J connectivity index is 2.22. The molecule has 1 aromatic carbocycles. The standard InChI is InChI=1S/C15H22O3/c1-4-12(16)14(11-8-6-5-7-9-11)13-10-17-15(2,3)18-13/h5-9,12-14,16H,4,10H2,1-3H3/t12-,13+,14-/m0/s1. The summed E-state index contributed by atoms with van der Waals surface area (Å²) in [5.74, 6) is -0.580. The molecule has 0 radical (unpaired) electrons. The topological polar surface area (TPSA) is 38.7 Å². The lowest BCUT2D eigenvalue weighted by Crippen LogP contribution is -2.32. The van der Waals surface area contributed by atoms with E-state index in [1.54, 1.807) is 0 Å². The number of aliphatic hydroxyl groups excluding tert-OH is 1. The molecule has 0 spiro atoms. The van der Waals surface area contributed by atoms with Gasteiger partial charge < -0.3 is 14.6 Å². The molecular weight excluding hydrogens is 228 g/mol. The van der Waals surface area contributed by atoms with Crippen molar-refractivity contribution in [3.05, 3.63) is 35.9 Å². The van der Waals surface area contributed by atoms with E-state index in [1.807, 2.05) is 51.1 Å². The summed E-state index contributed by atoms with van der Waals surface area (Å²) in [6, 6.07) is 10.0. The van der Waals surface area contributed by atoms with Crippen molar-refractivity contribution in [2.75, 3.05) is 6.61 Å². The molecule has 1 heterocycles. The Labute approximate surface area is 109 Å². The Kier molecular flexibility index (Phi) is 4.05. The fourth-order valence-electron chi connectivity index (χ4n) is 2.51. The number of ether oxygens (including phenoxy) is 2. The van der Waals surface area contributed by atoms with Crippen molar-refractivity contribution in [3.8, 4) is 0 Å². The van der Waals surface area contributed by atoms with Crippen LogP contribution < -0.4 is 0 Å². The summed E-state index contributed by atoms with van der Waals surface area (Å²) in [7, 11) is 0. The third kappa shape index (κ3) is 2.91. The molecule has 1 aliphatic heterocycles. The lowest BCUT2D eigenvalue weighted by Gasteiger charge is -2.28. The van der Waals surface area contributed by atoms with Crippen LogP contribution in [-0.2, 0) is 9.47 Å². The first kappa shape index (κ1) is 13.5. The van der Waals surface area contributed by atoms with Gasteiger partial charge >= 0.3 is 0 Å². The normalized spacial score (nSPS) is 25.9. The molecule has 1 aromatic rings. The van der Waals surface area contributed by atoms with E-state index >= 15 is 0 Å². The van der Waals surface area contributed by atoms with Crippen molar-refractivity contribution in [2.45, 2.75) is 51.1 Å². The van der Waals surface area contributed by atoms with Gasteiger partial charge in [-0.15, -0.1) is 0 Å². The van der Waals surface area contributed by atoms with Crippen molar-refractivity contribution >= 4 is 0 Å². The molecule has 18 heavy (non-hydrogen) atoms. The van der Waals surface area contributed by atoms with Crippen molar-refractivity contribution in [2.24, 2.45) is 0 Å². The molecule has 0 aromatic heterocycles. The van der Waals surface area contributed by atoms with E-state index in [4.69, 9.17) is 9.47 Å². The van der Waals surface area contributed by atoms with Crippen molar-refractivity contribution in [1.82, 2.24) is 0 Å². The first-order chi connectivity index (χ1) is 8.53. The number of hydrogen-bond donors (Lipinski definition) is 1. The second kappa shape index (κ2) is 5.39. The average Bonchev–Trinajstić information content (AvgIpc) is 2.71. The van der Waals surface area contributed by atoms with Crippen LogP contribution in [0.25, 0.3) is 0 Å². The average molecular weight is 250 g/mol. The van der Waals surface area contributed by atoms with Crippen LogP contribution in [0.15, 0.2) is 30.3 Å². The molecule has 3 atom stereocenters. The fourth-order valence-corrected chi connectivity index (χ4v) is 2.51. The van der Waals surface area contributed by atoms with E-state index in [9.17, 15) is 5.11 Å². The Morgan fingerprint density at radius 2 is 2.00 bits per heavy atom. The van der Waals surface area contributed by atoms with Gasteiger partial charge in [-0.3, -0.25) is 0 Å². The lowest BCUT2D eigenvalue weighted by molar-refractivity contribution is -0.144. The molecule has 1 N–H and O–H groups in total. The van der Waals surface area contributed by atoms with Gasteiger partial charge in [-0.05, 0) is 25.8 Å². The minimum atomic E-state index is -0.550. The van der Waals surface area contributed by atoms with Gasteiger partial charge in [-0.1, -0.05) is 37.3 Å². The van der Waals surface area contributed by atoms with Gasteiger partial charge in [0.25, 0.3) is 0 Å². The third-order valence-corrected chi connectivity index (χ3v) is 3.45. The van der Waals surface area contributed by atoms with Gasteiger partial charge in [0, 0.05) is 5.92 Å². The molecular formula is C15H22O3. The quantitative estimate of drug-likeness (QED) is 0.893. The van der Waals surface area contributed by atoms with E-state index in [-0.39, 0.29) is 12.0 Å². The van der Waals surface area contributed by atoms with Gasteiger partial charge in [0.05, 0.1) is 18.8 Å². The summed E-state index contributed by atoms with van der Waals surface area (Å²) < 4.78 is 11.5. The maximum absolute atomic E-state index is 10.3. The summed E-state index contributed by atoms with van der Waals surface area (Å²) in [6.07, 6.45) is 0.215. The van der Waals surface area contributed by atoms with Gasteiger partial charge in [0.1, 0.15) is 0 Å². The van der Waals surface area contributed by atoms with Crippen LogP contribution in [0.4, 0.5) is 0 Å². The van der Waals surface area contributed by atoms with Gasteiger partial charge in [0.2, 0.25) is 0 Å². The van der Waals surface area contributed by atoms with Crippen LogP contribution in [0.3, 0.4) is 0 Å². The van der Waals surface area contributed by atoms with Crippen molar-refractivity contribution in [3.63, 3.8) is 0 Å². The first-order valence-electron chi connectivity index (χ1n) is 6.58. The maximum atomic E-state index is 10.3. The lowest BCUT2D eigenvalue weighted by atomic mass is 9.87. The number of hydrogen-bond acceptors (Lipinski definition) is 3. The molecule has 100 valence electrons. The molecule has 0 bridgehead atoms. The second-order valence-corrected chi connectivity index (χ2v) is 5.28. The second-order valence-electron chi connectivity index (χ2n) is 5.28. The van der Waals surface area contributed by atoms with Gasteiger partial charge in [0.15, 0.2) is 5.79 Å². The largest absolute Gasteiger partial charge is 0.392 e. The Bertz CT molecular complexity index is 375. The fraction of sp³-hybridized carbons (Fsp3) is 0.600. The van der Waals surface area contributed by atoms with E-state index in [2.05, 4.69) is 0 Å². The minimum Gasteiger partial charge on any atom is -0.392 e. The Hall–Kier alpha value is -0.900. The van der Waals surface area contributed by atoms with Crippen LogP contribution in [-0.4, -0.2) is 29.7 Å². The first-order valence-corrected chi connectivity index (χ1v) is 6.58. The SMILES string of the molecule is CC[C@H](O)[C@H](c1ccccc1)[C@H]1COC(C)(C)O1. The molecule has 3 nitrogen and oxygen atoms in total. The maximum Gasteiger partial charge on any atom is 0.163 e. The van der Waals surface area contributed by atoms with E-state index < -0.39 is 11.9 Å². The highest BCUT2D eigenvalue weighted by atomic mass is 16.7. The van der Waals surface area contributed by atoms with Crippen molar-refractivity contribution < 1.29 is 14.6 Å². The zero-order chi connectivity index (χ0) is 13.2. The van der Waals surface area contributed by atoms with E-state index in [1.165, 1.54) is 0 Å². The molecule has 1 aliphatic rings. The smallest absolute Gasteiger partial charge is 0.163 e. The minimum absolute atomic E-state index is 0.0297. The highest BCUT2D eigenvalue weighted by molar-refractivity contribution is 5.22. The molecule has 3 heteroatoms. The van der Waals surface area contributed by atoms with Gasteiger partial charge in [-0.25, -0.2) is 0 Å². The van der Waals surface area contributed by atoms with Crippen molar-refractivity contribution in [1.29, 1.82) is 0 Å². The van der Waals surface area contributed by atoms with Crippen LogP contribution in [0, 0.1) is 0 Å². The highest BCUT2D eigenvalue weighted by Crippen LogP contribution is 2.35. The number of rotatable bonds is 4. The number of benzene rings is 1. The Morgan fingerprint density at radius 3 is 2.50 bits per heavy atom. The predicted molar refractivity (Wildman–Crippen MR) is 70.4 cm³/mol. The monoisotopic (exact) mass is 250 g/mol. The summed E-state index contributed by atoms with van der Waals surface area (Å²) in [5, 5.41) is 10.3. The summed E-state index contributed by atoms with van der Waals surface area (Å²) >= 11 is 0. The molecule has 1 fully saturated rings. The molecule has 1 saturated heterocycles. The zero-order valence-corrected chi connectivity index (χ0v) is 11.3. The van der Waals surface area contributed by atoms with Crippen LogP contribution in [0.5, 0.6) is 0 Å². The highest BCUT2D eigenvalue weighted by Gasteiger charge is 2.40. The predicted octanol–water partition coefficient (Wildman–Crippen LogP) is 2.69. The summed E-state index contributed by atoms with van der Waals surface area (Å²) in [4.78, 5) is 0. The van der Waals surface area contributed by atoms with Crippen LogP contribution >= 0.6 is 0 Å². The molecule has 0 aliphatic carbocycles. The molecule has 0 unspecified atom stereocenters. The molecule has 2 rings (SSSR count). The molecule has 0 saturated carbocycles.